The lowest BCUT2D eigenvalue weighted by atomic mass is 9.97. The minimum Gasteiger partial charge on any atom is -0.313 e. The molecule has 0 spiro atoms. The van der Waals surface area contributed by atoms with Crippen molar-refractivity contribution in [2.24, 2.45) is 5.92 Å². The van der Waals surface area contributed by atoms with Crippen LogP contribution in [-0.2, 0) is 0 Å². The smallest absolute Gasteiger partial charge is 0.0390 e. The minimum atomic E-state index is 0.486. The van der Waals surface area contributed by atoms with Crippen LogP contribution in [0.4, 0.5) is 0 Å². The van der Waals surface area contributed by atoms with E-state index in [-0.39, 0.29) is 0 Å². The van der Waals surface area contributed by atoms with Gasteiger partial charge in [0.2, 0.25) is 0 Å². The van der Waals surface area contributed by atoms with Crippen LogP contribution in [0.15, 0.2) is 29.6 Å². The fraction of sp³-hybridized carbons (Fsp3) is 0.467. The van der Waals surface area contributed by atoms with Gasteiger partial charge in [0.1, 0.15) is 0 Å². The fourth-order valence-electron chi connectivity index (χ4n) is 2.25. The quantitative estimate of drug-likeness (QED) is 0.814. The third kappa shape index (κ3) is 2.88. The summed E-state index contributed by atoms with van der Waals surface area (Å²) in [5.41, 5.74) is 1.46. The first-order valence-electron chi connectivity index (χ1n) is 6.35. The van der Waals surface area contributed by atoms with Gasteiger partial charge in [0.25, 0.3) is 0 Å². The van der Waals surface area contributed by atoms with Crippen molar-refractivity contribution >= 4 is 21.4 Å². The molecule has 92 valence electrons. The van der Waals surface area contributed by atoms with E-state index in [1.165, 1.54) is 28.5 Å². The Labute approximate surface area is 108 Å². The van der Waals surface area contributed by atoms with Gasteiger partial charge in [0.05, 0.1) is 0 Å². The monoisotopic (exact) mass is 247 g/mol. The van der Waals surface area contributed by atoms with E-state index in [4.69, 9.17) is 0 Å². The van der Waals surface area contributed by atoms with Crippen LogP contribution in [0.3, 0.4) is 0 Å². The second-order valence-corrected chi connectivity index (χ2v) is 5.91. The van der Waals surface area contributed by atoms with E-state index >= 15 is 0 Å². The zero-order valence-electron chi connectivity index (χ0n) is 10.9. The van der Waals surface area contributed by atoms with Crippen molar-refractivity contribution in [1.29, 1.82) is 0 Å². The summed E-state index contributed by atoms with van der Waals surface area (Å²) < 4.78 is 1.44. The highest BCUT2D eigenvalue weighted by atomic mass is 32.1. The molecule has 1 nitrogen and oxygen atoms in total. The van der Waals surface area contributed by atoms with E-state index in [1.54, 1.807) is 0 Å². The van der Waals surface area contributed by atoms with Gasteiger partial charge in [-0.25, -0.2) is 0 Å². The number of hydrogen-bond acceptors (Lipinski definition) is 2. The molecule has 1 heterocycles. The molecule has 0 bridgehead atoms. The zero-order chi connectivity index (χ0) is 12.3. The highest BCUT2D eigenvalue weighted by Gasteiger charge is 2.13. The van der Waals surface area contributed by atoms with Crippen LogP contribution in [0.1, 0.15) is 38.3 Å². The van der Waals surface area contributed by atoms with Crippen molar-refractivity contribution in [3.8, 4) is 0 Å². The van der Waals surface area contributed by atoms with Gasteiger partial charge in [-0.1, -0.05) is 32.0 Å². The molecule has 17 heavy (non-hydrogen) atoms. The van der Waals surface area contributed by atoms with E-state index in [9.17, 15) is 0 Å². The van der Waals surface area contributed by atoms with Crippen molar-refractivity contribution in [3.05, 3.63) is 35.2 Å². The molecule has 0 saturated carbocycles. The number of benzene rings is 1. The molecule has 2 aromatic rings. The lowest BCUT2D eigenvalue weighted by Crippen LogP contribution is -2.17. The number of nitrogens with one attached hydrogen (secondary N) is 1. The van der Waals surface area contributed by atoms with Gasteiger partial charge in [0, 0.05) is 10.7 Å². The minimum absolute atomic E-state index is 0.486. The molecule has 1 N–H and O–H groups in total. The standard InChI is InChI=1S/C15H21NS/c1-11(2)7-8-14(16-3)13-6-4-5-12-9-10-17-15(12)13/h4-6,9-11,14,16H,7-8H2,1-3H3. The summed E-state index contributed by atoms with van der Waals surface area (Å²) in [5, 5.41) is 7.02. The van der Waals surface area contributed by atoms with Gasteiger partial charge in [-0.05, 0) is 48.2 Å². The summed E-state index contributed by atoms with van der Waals surface area (Å²) in [4.78, 5) is 0. The summed E-state index contributed by atoms with van der Waals surface area (Å²) in [6.45, 7) is 4.58. The molecular weight excluding hydrogens is 226 g/mol. The Kier molecular flexibility index (Phi) is 4.19. The van der Waals surface area contributed by atoms with Crippen molar-refractivity contribution in [2.75, 3.05) is 7.05 Å². The molecule has 0 aliphatic heterocycles. The first-order chi connectivity index (χ1) is 8.22. The maximum atomic E-state index is 3.46. The summed E-state index contributed by atoms with van der Waals surface area (Å²) >= 11 is 1.85. The van der Waals surface area contributed by atoms with Gasteiger partial charge in [0.15, 0.2) is 0 Å². The van der Waals surface area contributed by atoms with Crippen LogP contribution in [0, 0.1) is 5.92 Å². The first kappa shape index (κ1) is 12.6. The Bertz CT molecular complexity index is 472. The molecule has 0 fully saturated rings. The van der Waals surface area contributed by atoms with Gasteiger partial charge in [-0.15, -0.1) is 11.3 Å². The number of fused-ring (bicyclic) bond motifs is 1. The largest absolute Gasteiger partial charge is 0.313 e. The first-order valence-corrected chi connectivity index (χ1v) is 7.23. The average Bonchev–Trinajstić information content (AvgIpc) is 2.78. The summed E-state index contributed by atoms with van der Waals surface area (Å²) in [6.07, 6.45) is 2.48. The predicted molar refractivity (Wildman–Crippen MR) is 77.7 cm³/mol. The van der Waals surface area contributed by atoms with Crippen molar-refractivity contribution in [1.82, 2.24) is 5.32 Å². The van der Waals surface area contributed by atoms with Crippen LogP contribution >= 0.6 is 11.3 Å². The summed E-state index contributed by atoms with van der Waals surface area (Å²) in [7, 11) is 2.07. The second kappa shape index (κ2) is 5.65. The maximum absolute atomic E-state index is 3.46. The molecule has 0 saturated heterocycles. The predicted octanol–water partition coefficient (Wildman–Crippen LogP) is 4.60. The van der Waals surface area contributed by atoms with Crippen molar-refractivity contribution < 1.29 is 0 Å². The molecule has 0 amide bonds. The van der Waals surface area contributed by atoms with Crippen molar-refractivity contribution in [2.45, 2.75) is 32.7 Å². The molecule has 1 aromatic carbocycles. The highest BCUT2D eigenvalue weighted by Crippen LogP contribution is 2.31. The van der Waals surface area contributed by atoms with E-state index in [2.05, 4.69) is 55.9 Å². The fourth-order valence-corrected chi connectivity index (χ4v) is 3.22. The zero-order valence-corrected chi connectivity index (χ0v) is 11.7. The molecule has 0 radical (unpaired) electrons. The van der Waals surface area contributed by atoms with Crippen LogP contribution < -0.4 is 5.32 Å². The lowest BCUT2D eigenvalue weighted by molar-refractivity contribution is 0.467. The van der Waals surface area contributed by atoms with Gasteiger partial charge < -0.3 is 5.32 Å². The highest BCUT2D eigenvalue weighted by molar-refractivity contribution is 7.17. The second-order valence-electron chi connectivity index (χ2n) is 5.00. The van der Waals surface area contributed by atoms with Gasteiger partial charge in [-0.3, -0.25) is 0 Å². The van der Waals surface area contributed by atoms with Crippen LogP contribution in [0.2, 0.25) is 0 Å². The molecule has 0 aliphatic rings. The molecule has 0 aliphatic carbocycles. The molecular formula is C15H21NS. The Morgan fingerprint density at radius 3 is 2.71 bits per heavy atom. The lowest BCUT2D eigenvalue weighted by Gasteiger charge is -2.18. The Morgan fingerprint density at radius 2 is 2.00 bits per heavy atom. The average molecular weight is 247 g/mol. The SMILES string of the molecule is CNC(CCC(C)C)c1cccc2ccsc12. The summed E-state index contributed by atoms with van der Waals surface area (Å²) in [5.74, 6) is 0.772. The molecule has 1 atom stereocenters. The Hall–Kier alpha value is -0.860. The molecule has 1 aromatic heterocycles. The molecule has 2 heteroatoms. The number of hydrogen-bond donors (Lipinski definition) is 1. The van der Waals surface area contributed by atoms with E-state index in [0.717, 1.165) is 5.92 Å². The van der Waals surface area contributed by atoms with Gasteiger partial charge >= 0.3 is 0 Å². The van der Waals surface area contributed by atoms with E-state index in [0.29, 0.717) is 6.04 Å². The third-order valence-electron chi connectivity index (χ3n) is 3.27. The Balaban J connectivity index is 2.26. The topological polar surface area (TPSA) is 12.0 Å². The van der Waals surface area contributed by atoms with Crippen LogP contribution in [0.25, 0.3) is 10.1 Å². The molecule has 2 rings (SSSR count). The van der Waals surface area contributed by atoms with Crippen molar-refractivity contribution in [3.63, 3.8) is 0 Å². The molecule has 1 unspecified atom stereocenters. The Morgan fingerprint density at radius 1 is 1.18 bits per heavy atom. The maximum Gasteiger partial charge on any atom is 0.0390 e. The van der Waals surface area contributed by atoms with E-state index in [1.807, 2.05) is 11.3 Å². The summed E-state index contributed by atoms with van der Waals surface area (Å²) in [6, 6.07) is 9.33. The normalized spacial score (nSPS) is 13.4. The van der Waals surface area contributed by atoms with Gasteiger partial charge in [-0.2, -0.15) is 0 Å². The van der Waals surface area contributed by atoms with Crippen LogP contribution in [0.5, 0.6) is 0 Å². The van der Waals surface area contributed by atoms with Crippen LogP contribution in [-0.4, -0.2) is 7.05 Å². The number of rotatable bonds is 5. The van der Waals surface area contributed by atoms with E-state index < -0.39 is 0 Å². The third-order valence-corrected chi connectivity index (χ3v) is 4.25. The number of thiophene rings is 1.